The molecule has 7 unspecified atom stereocenters. The van der Waals surface area contributed by atoms with Gasteiger partial charge in [0.25, 0.3) is 10.1 Å². The van der Waals surface area contributed by atoms with Crippen molar-refractivity contribution in [3.8, 4) is 0 Å². The monoisotopic (exact) mass is 674 g/mol. The van der Waals surface area contributed by atoms with E-state index in [2.05, 4.69) is 4.74 Å². The molecule has 2 aromatic carbocycles. The summed E-state index contributed by atoms with van der Waals surface area (Å²) in [5, 5.41) is 0. The Labute approximate surface area is 256 Å². The van der Waals surface area contributed by atoms with E-state index in [1.807, 2.05) is 48.5 Å². The van der Waals surface area contributed by atoms with Gasteiger partial charge in [0.15, 0.2) is 0 Å². The van der Waals surface area contributed by atoms with E-state index in [0.717, 1.165) is 22.3 Å². The molecule has 2 aromatic rings. The first-order valence-corrected chi connectivity index (χ1v) is 15.9. The van der Waals surface area contributed by atoms with Crippen molar-refractivity contribution in [3.63, 3.8) is 0 Å². The predicted molar refractivity (Wildman–Crippen MR) is 140 cm³/mol. The van der Waals surface area contributed by atoms with Crippen LogP contribution in [-0.4, -0.2) is 66.8 Å². The molecule has 7 atom stereocenters. The van der Waals surface area contributed by atoms with Crippen LogP contribution < -0.4 is 0 Å². The lowest BCUT2D eigenvalue weighted by Gasteiger charge is -2.45. The lowest BCUT2D eigenvalue weighted by Crippen LogP contribution is -2.64. The summed E-state index contributed by atoms with van der Waals surface area (Å²) in [7, 11) is -6.01. The van der Waals surface area contributed by atoms with E-state index < -0.39 is 99.4 Å². The van der Waals surface area contributed by atoms with E-state index in [0.29, 0.717) is 6.42 Å². The third-order valence-electron chi connectivity index (χ3n) is 10.3. The summed E-state index contributed by atoms with van der Waals surface area (Å²) in [6.45, 7) is 0. The van der Waals surface area contributed by atoms with E-state index in [1.165, 1.54) is 0 Å². The second-order valence-electron chi connectivity index (χ2n) is 12.5. The van der Waals surface area contributed by atoms with Crippen molar-refractivity contribution >= 4 is 28.0 Å². The fourth-order valence-electron chi connectivity index (χ4n) is 8.52. The van der Waals surface area contributed by atoms with Gasteiger partial charge in [-0.15, -0.1) is 0 Å². The van der Waals surface area contributed by atoms with Gasteiger partial charge in [-0.3, -0.25) is 18.9 Å². The number of alkyl halides is 6. The zero-order valence-corrected chi connectivity index (χ0v) is 24.1. The largest absolute Gasteiger partial charge is 0.458 e. The number of ether oxygens (including phenoxy) is 3. The molecule has 246 valence electrons. The van der Waals surface area contributed by atoms with Gasteiger partial charge >= 0.3 is 35.9 Å². The number of esters is 3. The van der Waals surface area contributed by atoms with Gasteiger partial charge in [-0.25, -0.2) is 0 Å². The third-order valence-corrected chi connectivity index (χ3v) is 11.0. The Morgan fingerprint density at radius 2 is 1.39 bits per heavy atom. The molecule has 9 nitrogen and oxygen atoms in total. The standard InChI is InChI=1S/C30H24F6O9S/c31-29(32,33)28(30(34,35)36,11-46(40,41)42)45-27(39)22-18-10-17-21(22)26(38)44-24(17)23(18)43-25(37)19-9-16-12-5-1-3-7-14(12)20(19)15-8-4-2-6-13(15)16/h1-8,16-24H,9-11H2,(H,40,41,42). The van der Waals surface area contributed by atoms with Gasteiger partial charge in [-0.2, -0.15) is 34.8 Å². The third kappa shape index (κ3) is 4.38. The fraction of sp³-hybridized carbons (Fsp3) is 0.500. The van der Waals surface area contributed by atoms with Gasteiger partial charge < -0.3 is 14.2 Å². The smallest absolute Gasteiger partial charge is 0.438 e. The molecule has 1 saturated heterocycles. The molecule has 1 heterocycles. The van der Waals surface area contributed by atoms with Crippen molar-refractivity contribution < 1.29 is 67.9 Å². The number of fused-ring (bicyclic) bond motifs is 2. The van der Waals surface area contributed by atoms with Crippen LogP contribution in [0.1, 0.15) is 46.9 Å². The number of carbonyl (C=O) groups is 3. The normalized spacial score (nSPS) is 32.5. The Bertz CT molecular complexity index is 1690. The highest BCUT2D eigenvalue weighted by molar-refractivity contribution is 7.85. The van der Waals surface area contributed by atoms with Crippen molar-refractivity contribution in [1.29, 1.82) is 0 Å². The zero-order chi connectivity index (χ0) is 33.1. The Morgan fingerprint density at radius 1 is 0.848 bits per heavy atom. The number of benzene rings is 2. The number of rotatable bonds is 6. The average molecular weight is 675 g/mol. The van der Waals surface area contributed by atoms with Gasteiger partial charge in [0.1, 0.15) is 18.0 Å². The summed E-state index contributed by atoms with van der Waals surface area (Å²) in [6.07, 6.45) is -15.3. The molecule has 6 aliphatic rings. The molecule has 1 aliphatic heterocycles. The molecule has 8 rings (SSSR count). The first-order valence-electron chi connectivity index (χ1n) is 14.3. The van der Waals surface area contributed by atoms with Gasteiger partial charge in [-0.05, 0) is 35.1 Å². The summed E-state index contributed by atoms with van der Waals surface area (Å²) >= 11 is 0. The Kier molecular flexibility index (Phi) is 6.68. The second-order valence-corrected chi connectivity index (χ2v) is 14.0. The zero-order valence-electron chi connectivity index (χ0n) is 23.3. The number of hydrogen-bond donors (Lipinski definition) is 1. The fourth-order valence-corrected chi connectivity index (χ4v) is 9.42. The minimum absolute atomic E-state index is 0.107. The maximum atomic E-state index is 13.9. The van der Waals surface area contributed by atoms with Crippen LogP contribution in [0.3, 0.4) is 0 Å². The Hall–Kier alpha value is -3.66. The van der Waals surface area contributed by atoms with Crippen LogP contribution in [0.15, 0.2) is 48.5 Å². The quantitative estimate of drug-likeness (QED) is 0.206. The van der Waals surface area contributed by atoms with Crippen molar-refractivity contribution in [2.24, 2.45) is 29.6 Å². The van der Waals surface area contributed by atoms with Gasteiger partial charge in [0, 0.05) is 23.7 Å². The van der Waals surface area contributed by atoms with E-state index in [1.54, 1.807) is 0 Å². The highest BCUT2D eigenvalue weighted by Crippen LogP contribution is 2.61. The molecule has 0 amide bonds. The summed E-state index contributed by atoms with van der Waals surface area (Å²) in [6, 6.07) is 15.2. The first-order chi connectivity index (χ1) is 21.4. The van der Waals surface area contributed by atoms with Crippen LogP contribution >= 0.6 is 0 Å². The molecule has 5 aliphatic carbocycles. The van der Waals surface area contributed by atoms with Crippen LogP contribution in [0.2, 0.25) is 0 Å². The first kappa shape index (κ1) is 31.0. The molecule has 46 heavy (non-hydrogen) atoms. The van der Waals surface area contributed by atoms with E-state index in [-0.39, 0.29) is 12.3 Å². The topological polar surface area (TPSA) is 133 Å². The summed E-state index contributed by atoms with van der Waals surface area (Å²) in [5.74, 6) is -13.9. The minimum Gasteiger partial charge on any atom is -0.458 e. The highest BCUT2D eigenvalue weighted by atomic mass is 32.2. The second kappa shape index (κ2) is 9.92. The van der Waals surface area contributed by atoms with Crippen molar-refractivity contribution in [3.05, 3.63) is 70.8 Å². The summed E-state index contributed by atoms with van der Waals surface area (Å²) in [5.41, 5.74) is -1.71. The van der Waals surface area contributed by atoms with Crippen LogP contribution in [0.25, 0.3) is 0 Å². The molecule has 4 bridgehead atoms. The molecule has 1 N–H and O–H groups in total. The predicted octanol–water partition coefficient (Wildman–Crippen LogP) is 4.30. The average Bonchev–Trinajstić information content (AvgIpc) is 3.59. The number of hydrogen-bond acceptors (Lipinski definition) is 8. The van der Waals surface area contributed by atoms with Crippen molar-refractivity contribution in [2.45, 2.75) is 54.8 Å². The van der Waals surface area contributed by atoms with Crippen LogP contribution in [0, 0.1) is 29.6 Å². The van der Waals surface area contributed by atoms with E-state index >= 15 is 0 Å². The van der Waals surface area contributed by atoms with Crippen LogP contribution in [0.5, 0.6) is 0 Å². The van der Waals surface area contributed by atoms with Gasteiger partial charge in [-0.1, -0.05) is 48.5 Å². The lowest BCUT2D eigenvalue weighted by molar-refractivity contribution is -0.362. The lowest BCUT2D eigenvalue weighted by atomic mass is 9.59. The van der Waals surface area contributed by atoms with Crippen LogP contribution in [-0.2, 0) is 38.7 Å². The Balaban J connectivity index is 1.19. The minimum atomic E-state index is -6.54. The summed E-state index contributed by atoms with van der Waals surface area (Å²) < 4.78 is 130. The number of halogens is 6. The molecule has 16 heteroatoms. The van der Waals surface area contributed by atoms with Gasteiger partial charge in [0.05, 0.1) is 17.8 Å². The maximum absolute atomic E-state index is 13.9. The molecule has 0 spiro atoms. The SMILES string of the molecule is O=C(OC1C2CC3C1OC(=O)C3C2C(=O)OC(CS(=O)(=O)O)(C(F)(F)F)C(F)(F)F)C1CC2c3ccccc3C1c1ccccc12. The summed E-state index contributed by atoms with van der Waals surface area (Å²) in [4.78, 5) is 39.8. The van der Waals surface area contributed by atoms with Crippen molar-refractivity contribution in [1.82, 2.24) is 0 Å². The Morgan fingerprint density at radius 3 is 1.91 bits per heavy atom. The van der Waals surface area contributed by atoms with E-state index in [9.17, 15) is 49.1 Å². The molecular weight excluding hydrogens is 650 g/mol. The number of carbonyl (C=O) groups excluding carboxylic acids is 3. The van der Waals surface area contributed by atoms with E-state index in [4.69, 9.17) is 14.0 Å². The molecule has 0 aromatic heterocycles. The van der Waals surface area contributed by atoms with Crippen LogP contribution in [0.4, 0.5) is 26.3 Å². The molecule has 3 fully saturated rings. The molecule has 0 radical (unpaired) electrons. The molecular formula is C30H24F6O9S. The van der Waals surface area contributed by atoms with Crippen molar-refractivity contribution in [2.75, 3.05) is 5.75 Å². The highest BCUT2D eigenvalue weighted by Gasteiger charge is 2.78. The maximum Gasteiger partial charge on any atom is 0.438 e. The van der Waals surface area contributed by atoms with Gasteiger partial charge in [0.2, 0.25) is 0 Å². The molecule has 2 saturated carbocycles.